The van der Waals surface area contributed by atoms with E-state index in [9.17, 15) is 9.59 Å². The van der Waals surface area contributed by atoms with Gasteiger partial charge in [-0.2, -0.15) is 0 Å². The van der Waals surface area contributed by atoms with Crippen molar-refractivity contribution in [2.75, 3.05) is 65.9 Å². The second-order valence-corrected chi connectivity index (χ2v) is 5.30. The summed E-state index contributed by atoms with van der Waals surface area (Å²) in [6.07, 6.45) is 2.03. The van der Waals surface area contributed by atoms with Gasteiger partial charge in [-0.15, -0.1) is 0 Å². The molecular formula is C16H33N3O5. The van der Waals surface area contributed by atoms with Gasteiger partial charge in [0, 0.05) is 13.2 Å². The van der Waals surface area contributed by atoms with Crippen molar-refractivity contribution in [2.45, 2.75) is 26.7 Å². The minimum Gasteiger partial charge on any atom is -0.380 e. The topological polar surface area (TPSA) is 97.9 Å². The van der Waals surface area contributed by atoms with Gasteiger partial charge < -0.3 is 24.8 Å². The number of carbonyl (C=O) groups is 2. The highest BCUT2D eigenvalue weighted by Crippen LogP contribution is 1.82. The first kappa shape index (κ1) is 22.9. The van der Waals surface area contributed by atoms with Crippen molar-refractivity contribution in [3.63, 3.8) is 0 Å². The van der Waals surface area contributed by atoms with E-state index in [4.69, 9.17) is 14.2 Å². The van der Waals surface area contributed by atoms with E-state index in [1.54, 1.807) is 0 Å². The number of carbonyl (C=O) groups excluding carboxylic acids is 2. The van der Waals surface area contributed by atoms with Crippen LogP contribution in [0.4, 0.5) is 0 Å². The quantitative estimate of drug-likeness (QED) is 0.231. The molecule has 0 aliphatic heterocycles. The highest BCUT2D eigenvalue weighted by Gasteiger charge is 2.00. The molecule has 3 N–H and O–H groups in total. The van der Waals surface area contributed by atoms with Crippen molar-refractivity contribution in [3.8, 4) is 0 Å². The van der Waals surface area contributed by atoms with Gasteiger partial charge in [0.05, 0.1) is 26.5 Å². The van der Waals surface area contributed by atoms with Gasteiger partial charge in [0.25, 0.3) is 0 Å². The summed E-state index contributed by atoms with van der Waals surface area (Å²) in [7, 11) is 0. The number of Topliss-reactive ketones (excluding diaryl/α,β-unsaturated/α-hetero) is 1. The van der Waals surface area contributed by atoms with Crippen LogP contribution in [-0.2, 0) is 23.8 Å². The second kappa shape index (κ2) is 18.3. The molecule has 0 aliphatic rings. The second-order valence-electron chi connectivity index (χ2n) is 5.30. The van der Waals surface area contributed by atoms with E-state index in [-0.39, 0.29) is 24.9 Å². The molecule has 0 rings (SSSR count). The number of nitrogens with one attached hydrogen (secondary N) is 3. The monoisotopic (exact) mass is 347 g/mol. The molecule has 0 aliphatic carbocycles. The fourth-order valence-electron chi connectivity index (χ4n) is 1.65. The lowest BCUT2D eigenvalue weighted by Gasteiger charge is -2.08. The molecule has 8 nitrogen and oxygen atoms in total. The average molecular weight is 347 g/mol. The van der Waals surface area contributed by atoms with E-state index >= 15 is 0 Å². The zero-order valence-electron chi connectivity index (χ0n) is 15.0. The van der Waals surface area contributed by atoms with Crippen LogP contribution in [0.15, 0.2) is 0 Å². The predicted octanol–water partition coefficient (Wildman–Crippen LogP) is -0.322. The van der Waals surface area contributed by atoms with Crippen molar-refractivity contribution in [1.29, 1.82) is 0 Å². The number of rotatable bonds is 18. The largest absolute Gasteiger partial charge is 0.380 e. The van der Waals surface area contributed by atoms with Crippen LogP contribution in [0.25, 0.3) is 0 Å². The van der Waals surface area contributed by atoms with E-state index in [1.165, 1.54) is 6.92 Å². The maximum atomic E-state index is 11.4. The van der Waals surface area contributed by atoms with Gasteiger partial charge in [-0.1, -0.05) is 6.92 Å². The standard InChI is InChI=1S/C16H33N3O5/c1-3-5-17-7-9-22-8-4-6-18-14-19-16(21)13-24-11-10-23-12-15(2)20/h17-18H,3-14H2,1-2H3,(H,19,21). The number of hydrogen-bond donors (Lipinski definition) is 3. The van der Waals surface area contributed by atoms with E-state index < -0.39 is 0 Å². The number of ketones is 1. The molecule has 0 aromatic heterocycles. The van der Waals surface area contributed by atoms with Gasteiger partial charge in [0.15, 0.2) is 5.78 Å². The van der Waals surface area contributed by atoms with Crippen molar-refractivity contribution in [3.05, 3.63) is 0 Å². The highest BCUT2D eigenvalue weighted by molar-refractivity contribution is 5.77. The summed E-state index contributed by atoms with van der Waals surface area (Å²) < 4.78 is 15.6. The number of amides is 1. The molecule has 0 radical (unpaired) electrons. The van der Waals surface area contributed by atoms with Gasteiger partial charge in [-0.05, 0) is 32.9 Å². The molecule has 0 atom stereocenters. The molecule has 0 saturated carbocycles. The van der Waals surface area contributed by atoms with Crippen molar-refractivity contribution in [1.82, 2.24) is 16.0 Å². The zero-order valence-corrected chi connectivity index (χ0v) is 15.0. The minimum absolute atomic E-state index is 0.0149. The number of hydrogen-bond acceptors (Lipinski definition) is 7. The summed E-state index contributed by atoms with van der Waals surface area (Å²) in [6.45, 7) is 8.78. The normalized spacial score (nSPS) is 10.8. The Labute approximate surface area is 145 Å². The smallest absolute Gasteiger partial charge is 0.246 e. The van der Waals surface area contributed by atoms with Crippen LogP contribution in [0, 0.1) is 0 Å². The van der Waals surface area contributed by atoms with Crippen molar-refractivity contribution < 1.29 is 23.8 Å². The molecule has 0 aromatic rings. The summed E-state index contributed by atoms with van der Waals surface area (Å²) in [5.74, 6) is -0.218. The van der Waals surface area contributed by atoms with Crippen molar-refractivity contribution in [2.24, 2.45) is 0 Å². The Morgan fingerprint density at radius 1 is 0.833 bits per heavy atom. The maximum Gasteiger partial charge on any atom is 0.246 e. The minimum atomic E-state index is -0.188. The SMILES string of the molecule is CCCNCCOCCCNCNC(=O)COCCOCC(C)=O. The lowest BCUT2D eigenvalue weighted by Crippen LogP contribution is -2.36. The Kier molecular flexibility index (Phi) is 17.5. The maximum absolute atomic E-state index is 11.4. The lowest BCUT2D eigenvalue weighted by atomic mass is 10.4. The van der Waals surface area contributed by atoms with Crippen LogP contribution in [-0.4, -0.2) is 77.6 Å². The molecule has 0 aromatic carbocycles. The lowest BCUT2D eigenvalue weighted by molar-refractivity contribution is -0.127. The van der Waals surface area contributed by atoms with Crippen LogP contribution in [0.5, 0.6) is 0 Å². The average Bonchev–Trinajstić information content (AvgIpc) is 2.55. The molecule has 24 heavy (non-hydrogen) atoms. The van der Waals surface area contributed by atoms with Crippen LogP contribution >= 0.6 is 0 Å². The Morgan fingerprint density at radius 3 is 2.29 bits per heavy atom. The molecule has 0 spiro atoms. The summed E-state index contributed by atoms with van der Waals surface area (Å²) >= 11 is 0. The molecule has 0 saturated heterocycles. The van der Waals surface area contributed by atoms with Gasteiger partial charge in [0.2, 0.25) is 5.91 Å². The summed E-state index contributed by atoms with van der Waals surface area (Å²) in [5.41, 5.74) is 0. The van der Waals surface area contributed by atoms with Gasteiger partial charge in [-0.25, -0.2) is 0 Å². The summed E-state index contributed by atoms with van der Waals surface area (Å²) in [5, 5.41) is 9.07. The zero-order chi connectivity index (χ0) is 17.9. The third-order valence-electron chi connectivity index (χ3n) is 2.81. The Hall–Kier alpha value is -1.06. The summed E-state index contributed by atoms with van der Waals surface area (Å²) in [4.78, 5) is 22.1. The Balaban J connectivity index is 3.16. The van der Waals surface area contributed by atoms with Gasteiger partial charge >= 0.3 is 0 Å². The fourth-order valence-corrected chi connectivity index (χ4v) is 1.65. The third kappa shape index (κ3) is 19.0. The molecular weight excluding hydrogens is 314 g/mol. The molecule has 1 amide bonds. The van der Waals surface area contributed by atoms with Crippen molar-refractivity contribution >= 4 is 11.7 Å². The van der Waals surface area contributed by atoms with Crippen LogP contribution < -0.4 is 16.0 Å². The first-order valence-corrected chi connectivity index (χ1v) is 8.57. The van der Waals surface area contributed by atoms with Gasteiger partial charge in [0.1, 0.15) is 13.2 Å². The molecule has 0 bridgehead atoms. The molecule has 142 valence electrons. The molecule has 0 fully saturated rings. The Morgan fingerprint density at radius 2 is 1.58 bits per heavy atom. The van der Waals surface area contributed by atoms with Gasteiger partial charge in [-0.3, -0.25) is 14.9 Å². The number of ether oxygens (including phenoxy) is 3. The summed E-state index contributed by atoms with van der Waals surface area (Å²) in [6, 6.07) is 0. The third-order valence-corrected chi connectivity index (χ3v) is 2.81. The molecule has 0 heterocycles. The van der Waals surface area contributed by atoms with Crippen LogP contribution in [0.2, 0.25) is 0 Å². The predicted molar refractivity (Wildman–Crippen MR) is 91.9 cm³/mol. The Bertz CT molecular complexity index is 316. The van der Waals surface area contributed by atoms with Crippen LogP contribution in [0.1, 0.15) is 26.7 Å². The van der Waals surface area contributed by atoms with E-state index in [2.05, 4.69) is 22.9 Å². The molecule has 0 unspecified atom stereocenters. The van der Waals surface area contributed by atoms with Crippen LogP contribution in [0.3, 0.4) is 0 Å². The first-order valence-electron chi connectivity index (χ1n) is 8.57. The highest BCUT2D eigenvalue weighted by atomic mass is 16.5. The molecule has 8 heteroatoms. The fraction of sp³-hybridized carbons (Fsp3) is 0.875. The van der Waals surface area contributed by atoms with E-state index in [1.807, 2.05) is 0 Å². The van der Waals surface area contributed by atoms with E-state index in [0.29, 0.717) is 26.5 Å². The van der Waals surface area contributed by atoms with E-state index in [0.717, 1.165) is 39.1 Å². The first-order chi connectivity index (χ1) is 11.7.